The third-order valence-corrected chi connectivity index (χ3v) is 4.86. The van der Waals surface area contributed by atoms with Crippen molar-refractivity contribution in [1.82, 2.24) is 0 Å². The average Bonchev–Trinajstić information content (AvgIpc) is 2.61. The van der Waals surface area contributed by atoms with Crippen LogP contribution < -0.4 is 0 Å². The standard InChI is InChI=1S/C21H43O3/c1-3-5-6-7-8-9-10-11-12-13-14-15-16-17-20(4-2)24-21(18-22)19-23/h20-22H,3-19H2,1-2H3. The van der Waals surface area contributed by atoms with Crippen molar-refractivity contribution in [3.05, 3.63) is 0 Å². The molecule has 145 valence electrons. The maximum absolute atomic E-state index is 10.8. The summed E-state index contributed by atoms with van der Waals surface area (Å²) in [6, 6.07) is 0. The Balaban J connectivity index is 3.31. The van der Waals surface area contributed by atoms with Gasteiger partial charge < -0.3 is 9.84 Å². The first-order valence-corrected chi connectivity index (χ1v) is 10.6. The van der Waals surface area contributed by atoms with E-state index < -0.39 is 6.10 Å². The molecule has 0 fully saturated rings. The molecule has 0 saturated heterocycles. The molecule has 1 radical (unpaired) electrons. The first kappa shape index (κ1) is 23.9. The van der Waals surface area contributed by atoms with Crippen molar-refractivity contribution in [3.63, 3.8) is 0 Å². The van der Waals surface area contributed by atoms with E-state index >= 15 is 0 Å². The number of aliphatic hydroxyl groups excluding tert-OH is 1. The lowest BCUT2D eigenvalue weighted by Crippen LogP contribution is -2.27. The van der Waals surface area contributed by atoms with E-state index in [1.165, 1.54) is 83.5 Å². The molecule has 0 bridgehead atoms. The second kappa shape index (κ2) is 19.2. The van der Waals surface area contributed by atoms with Crippen molar-refractivity contribution in [3.8, 4) is 0 Å². The molecule has 3 nitrogen and oxygen atoms in total. The molecular weight excluding hydrogens is 300 g/mol. The molecule has 0 aromatic heterocycles. The Kier molecular flexibility index (Phi) is 19.1. The summed E-state index contributed by atoms with van der Waals surface area (Å²) >= 11 is 0. The fourth-order valence-corrected chi connectivity index (χ4v) is 3.17. The third kappa shape index (κ3) is 15.4. The number of hydrogen-bond acceptors (Lipinski definition) is 2. The lowest BCUT2D eigenvalue weighted by atomic mass is 10.0. The van der Waals surface area contributed by atoms with Crippen LogP contribution in [0.4, 0.5) is 0 Å². The highest BCUT2D eigenvalue weighted by atomic mass is 16.5. The molecule has 0 aliphatic rings. The van der Waals surface area contributed by atoms with Crippen molar-refractivity contribution in [2.24, 2.45) is 0 Å². The molecule has 0 saturated carbocycles. The van der Waals surface area contributed by atoms with Crippen LogP contribution in [-0.2, 0) is 9.84 Å². The normalized spacial score (nSPS) is 12.9. The molecule has 0 amide bonds. The van der Waals surface area contributed by atoms with Gasteiger partial charge in [0.05, 0.1) is 12.7 Å². The molecule has 2 atom stereocenters. The summed E-state index contributed by atoms with van der Waals surface area (Å²) in [5.41, 5.74) is 0. The molecule has 0 aliphatic heterocycles. The number of rotatable bonds is 19. The summed E-state index contributed by atoms with van der Waals surface area (Å²) in [5.74, 6) is 0. The van der Waals surface area contributed by atoms with E-state index in [1.54, 1.807) is 0 Å². The molecule has 3 heteroatoms. The van der Waals surface area contributed by atoms with Crippen LogP contribution in [0, 0.1) is 0 Å². The van der Waals surface area contributed by atoms with Crippen molar-refractivity contribution in [2.75, 3.05) is 13.2 Å². The zero-order valence-electron chi connectivity index (χ0n) is 16.4. The Hall–Kier alpha value is -0.120. The van der Waals surface area contributed by atoms with Crippen LogP contribution in [0.1, 0.15) is 110 Å². The monoisotopic (exact) mass is 343 g/mol. The van der Waals surface area contributed by atoms with Crippen LogP contribution in [0.2, 0.25) is 0 Å². The van der Waals surface area contributed by atoms with E-state index in [4.69, 9.17) is 9.84 Å². The highest BCUT2D eigenvalue weighted by molar-refractivity contribution is 4.61. The molecule has 0 rings (SSSR count). The predicted octanol–water partition coefficient (Wildman–Crippen LogP) is 6.05. The fourth-order valence-electron chi connectivity index (χ4n) is 3.17. The van der Waals surface area contributed by atoms with E-state index in [2.05, 4.69) is 13.8 Å². The van der Waals surface area contributed by atoms with E-state index in [-0.39, 0.29) is 19.3 Å². The molecule has 24 heavy (non-hydrogen) atoms. The van der Waals surface area contributed by atoms with Gasteiger partial charge in [-0.2, -0.15) is 0 Å². The quantitative estimate of drug-likeness (QED) is 0.290. The van der Waals surface area contributed by atoms with Gasteiger partial charge in [0, 0.05) is 0 Å². The second-order valence-corrected chi connectivity index (χ2v) is 7.17. The van der Waals surface area contributed by atoms with E-state index in [9.17, 15) is 5.11 Å². The number of ether oxygens (including phenoxy) is 1. The minimum atomic E-state index is -0.517. The van der Waals surface area contributed by atoms with Gasteiger partial charge in [-0.3, -0.25) is 0 Å². The highest BCUT2D eigenvalue weighted by Gasteiger charge is 2.14. The molecule has 0 aromatic rings. The van der Waals surface area contributed by atoms with E-state index in [0.29, 0.717) is 0 Å². The lowest BCUT2D eigenvalue weighted by Gasteiger charge is -2.20. The van der Waals surface area contributed by atoms with Crippen LogP contribution in [0.3, 0.4) is 0 Å². The molecule has 1 N–H and O–H groups in total. The van der Waals surface area contributed by atoms with E-state index in [0.717, 1.165) is 12.8 Å². The smallest absolute Gasteiger partial charge is 0.111 e. The Labute approximate surface area is 151 Å². The van der Waals surface area contributed by atoms with Crippen molar-refractivity contribution in [2.45, 2.75) is 122 Å². The summed E-state index contributed by atoms with van der Waals surface area (Å²) in [5, 5.41) is 19.8. The van der Waals surface area contributed by atoms with Gasteiger partial charge in [-0.1, -0.05) is 97.3 Å². The molecule has 0 aromatic carbocycles. The minimum absolute atomic E-state index is 0.142. The van der Waals surface area contributed by atoms with Gasteiger partial charge in [0.15, 0.2) is 0 Å². The Morgan fingerprint density at radius 1 is 0.708 bits per heavy atom. The van der Waals surface area contributed by atoms with Gasteiger partial charge in [0.25, 0.3) is 0 Å². The minimum Gasteiger partial charge on any atom is -0.394 e. The number of unbranched alkanes of at least 4 members (excludes halogenated alkanes) is 12. The van der Waals surface area contributed by atoms with Gasteiger partial charge in [0.1, 0.15) is 12.7 Å². The number of hydrogen-bond donors (Lipinski definition) is 1. The molecule has 2 unspecified atom stereocenters. The van der Waals surface area contributed by atoms with Gasteiger partial charge in [0.2, 0.25) is 0 Å². The molecular formula is C21H43O3. The summed E-state index contributed by atoms with van der Waals surface area (Å²) in [6.07, 6.45) is 19.3. The largest absolute Gasteiger partial charge is 0.394 e. The van der Waals surface area contributed by atoms with Crippen LogP contribution >= 0.6 is 0 Å². The highest BCUT2D eigenvalue weighted by Crippen LogP contribution is 2.15. The summed E-state index contributed by atoms with van der Waals surface area (Å²) in [4.78, 5) is 0. The first-order valence-electron chi connectivity index (χ1n) is 10.6. The van der Waals surface area contributed by atoms with Crippen LogP contribution in [0.25, 0.3) is 0 Å². The SMILES string of the molecule is CCCCCCCCCCCCCCCC(CC)OC(C[O])CO. The zero-order chi connectivity index (χ0) is 17.9. The van der Waals surface area contributed by atoms with E-state index in [1.807, 2.05) is 0 Å². The molecule has 0 heterocycles. The Morgan fingerprint density at radius 3 is 1.54 bits per heavy atom. The topological polar surface area (TPSA) is 49.4 Å². The average molecular weight is 344 g/mol. The third-order valence-electron chi connectivity index (χ3n) is 4.86. The summed E-state index contributed by atoms with van der Waals surface area (Å²) in [7, 11) is 0. The van der Waals surface area contributed by atoms with Gasteiger partial charge in [-0.25, -0.2) is 5.11 Å². The zero-order valence-corrected chi connectivity index (χ0v) is 16.4. The van der Waals surface area contributed by atoms with Crippen molar-refractivity contribution < 1.29 is 14.9 Å². The Morgan fingerprint density at radius 2 is 1.17 bits per heavy atom. The maximum Gasteiger partial charge on any atom is 0.111 e. The second-order valence-electron chi connectivity index (χ2n) is 7.17. The van der Waals surface area contributed by atoms with Crippen molar-refractivity contribution >= 4 is 0 Å². The summed E-state index contributed by atoms with van der Waals surface area (Å²) in [6.45, 7) is 3.87. The molecule has 0 spiro atoms. The van der Waals surface area contributed by atoms with Crippen LogP contribution in [-0.4, -0.2) is 30.5 Å². The van der Waals surface area contributed by atoms with Crippen molar-refractivity contribution in [1.29, 1.82) is 0 Å². The van der Waals surface area contributed by atoms with Crippen LogP contribution in [0.5, 0.6) is 0 Å². The van der Waals surface area contributed by atoms with Gasteiger partial charge in [-0.15, -0.1) is 0 Å². The van der Waals surface area contributed by atoms with Gasteiger partial charge in [-0.05, 0) is 12.8 Å². The lowest BCUT2D eigenvalue weighted by molar-refractivity contribution is -0.0793. The first-order chi connectivity index (χ1) is 11.8. The predicted molar refractivity (Wildman–Crippen MR) is 102 cm³/mol. The fraction of sp³-hybridized carbons (Fsp3) is 1.00. The van der Waals surface area contributed by atoms with Crippen LogP contribution in [0.15, 0.2) is 0 Å². The summed E-state index contributed by atoms with van der Waals surface area (Å²) < 4.78 is 5.64. The molecule has 0 aliphatic carbocycles. The number of aliphatic hydroxyl groups is 1. The Bertz CT molecular complexity index is 229. The van der Waals surface area contributed by atoms with Gasteiger partial charge >= 0.3 is 0 Å². The maximum atomic E-state index is 10.8.